The number of hydrogen-bond acceptors (Lipinski definition) is 6. The number of aliphatic hydroxyl groups excluding tert-OH is 1. The van der Waals surface area contributed by atoms with Crippen molar-refractivity contribution in [1.29, 1.82) is 0 Å². The highest BCUT2D eigenvalue weighted by molar-refractivity contribution is 9.09. The number of ether oxygens (including phenoxy) is 2. The first-order chi connectivity index (χ1) is 15.9. The van der Waals surface area contributed by atoms with Gasteiger partial charge in [0.15, 0.2) is 0 Å². The Morgan fingerprint density at radius 2 is 2.09 bits per heavy atom. The van der Waals surface area contributed by atoms with Crippen molar-refractivity contribution in [1.82, 2.24) is 9.80 Å². The second kappa shape index (κ2) is 10.0. The second-order valence-corrected chi connectivity index (χ2v) is 10.8. The Morgan fingerprint density at radius 1 is 1.36 bits per heavy atom. The van der Waals surface area contributed by atoms with Gasteiger partial charge in [-0.1, -0.05) is 41.3 Å². The van der Waals surface area contributed by atoms with Crippen molar-refractivity contribution in [3.8, 4) is 0 Å². The second-order valence-electron chi connectivity index (χ2n) is 9.60. The molecule has 3 unspecified atom stereocenters. The molecule has 4 fully saturated rings. The van der Waals surface area contributed by atoms with Gasteiger partial charge < -0.3 is 24.4 Å². The van der Waals surface area contributed by atoms with Crippen LogP contribution in [-0.4, -0.2) is 87.6 Å². The van der Waals surface area contributed by atoms with E-state index in [1.165, 1.54) is 6.42 Å². The summed E-state index contributed by atoms with van der Waals surface area (Å²) in [5, 5.41) is 9.46. The van der Waals surface area contributed by atoms with E-state index >= 15 is 0 Å². The molecule has 3 heterocycles. The molecule has 2 amide bonds. The van der Waals surface area contributed by atoms with Crippen molar-refractivity contribution < 1.29 is 29.0 Å². The van der Waals surface area contributed by atoms with E-state index in [2.05, 4.69) is 22.5 Å². The molecule has 0 aromatic carbocycles. The third-order valence-corrected chi connectivity index (χ3v) is 8.61. The maximum atomic E-state index is 14.2. The molecule has 6 atom stereocenters. The van der Waals surface area contributed by atoms with Crippen molar-refractivity contribution in [3.63, 3.8) is 0 Å². The lowest BCUT2D eigenvalue weighted by atomic mass is 9.70. The number of halogens is 1. The van der Waals surface area contributed by atoms with Gasteiger partial charge in [0.25, 0.3) is 0 Å². The first-order valence-corrected chi connectivity index (χ1v) is 13.1. The first-order valence-electron chi connectivity index (χ1n) is 12.2. The molecule has 9 heteroatoms. The minimum absolute atomic E-state index is 0.0901. The molecule has 1 spiro atoms. The van der Waals surface area contributed by atoms with E-state index in [1.54, 1.807) is 17.9 Å². The molecule has 3 aliphatic heterocycles. The first kappa shape index (κ1) is 24.7. The van der Waals surface area contributed by atoms with Gasteiger partial charge in [-0.2, -0.15) is 0 Å². The number of hydrogen-bond donors (Lipinski definition) is 1. The highest BCUT2D eigenvalue weighted by Crippen LogP contribution is 2.60. The molecular weight excluding hydrogens is 492 g/mol. The molecule has 33 heavy (non-hydrogen) atoms. The highest BCUT2D eigenvalue weighted by Gasteiger charge is 2.77. The zero-order valence-electron chi connectivity index (χ0n) is 19.3. The monoisotopic (exact) mass is 526 g/mol. The number of aliphatic hydroxyl groups is 1. The predicted molar refractivity (Wildman–Crippen MR) is 125 cm³/mol. The van der Waals surface area contributed by atoms with Gasteiger partial charge in [-0.15, -0.1) is 6.58 Å². The molecule has 8 nitrogen and oxygen atoms in total. The van der Waals surface area contributed by atoms with E-state index in [4.69, 9.17) is 9.47 Å². The molecule has 3 saturated heterocycles. The Labute approximate surface area is 203 Å². The number of amides is 2. The summed E-state index contributed by atoms with van der Waals surface area (Å²) in [6, 6.07) is -0.721. The molecule has 4 aliphatic rings. The number of nitrogens with zero attached hydrogens (tertiary/aromatic N) is 2. The lowest BCUT2D eigenvalue weighted by Gasteiger charge is -2.41. The van der Waals surface area contributed by atoms with E-state index in [9.17, 15) is 19.5 Å². The van der Waals surface area contributed by atoms with Crippen LogP contribution in [0.15, 0.2) is 12.7 Å². The van der Waals surface area contributed by atoms with Crippen molar-refractivity contribution in [2.45, 2.75) is 80.5 Å². The molecule has 1 aliphatic carbocycles. The Morgan fingerprint density at radius 3 is 2.73 bits per heavy atom. The van der Waals surface area contributed by atoms with Crippen molar-refractivity contribution in [2.75, 3.05) is 26.3 Å². The summed E-state index contributed by atoms with van der Waals surface area (Å²) in [6.07, 6.45) is 7.24. The Balaban J connectivity index is 1.73. The highest BCUT2D eigenvalue weighted by atomic mass is 79.9. The summed E-state index contributed by atoms with van der Waals surface area (Å²) < 4.78 is 11.8. The van der Waals surface area contributed by atoms with E-state index in [0.717, 1.165) is 25.7 Å². The fourth-order valence-corrected chi connectivity index (χ4v) is 7.45. The van der Waals surface area contributed by atoms with Crippen LogP contribution in [0, 0.1) is 11.8 Å². The van der Waals surface area contributed by atoms with E-state index in [1.807, 2.05) is 4.90 Å². The Kier molecular flexibility index (Phi) is 7.50. The molecule has 0 radical (unpaired) electrons. The third kappa shape index (κ3) is 4.04. The average Bonchev–Trinajstić information content (AvgIpc) is 3.40. The van der Waals surface area contributed by atoms with E-state index < -0.39 is 35.6 Å². The number of carbonyl (C=O) groups is 3. The normalized spacial score (nSPS) is 35.5. The number of rotatable bonds is 9. The largest absolute Gasteiger partial charge is 0.466 e. The number of likely N-dealkylation sites (tertiary alicyclic amines) is 1. The standard InChI is InChI=1S/C24H35BrN2O6/c1-3-11-26(15-9-6-5-7-10-15)22(30)20-24-14-16(25)19(33-24)17(23(31)32-4-2)18(24)21(29)27(20)12-8-13-28/h3,15-20,28H,1,4-14H2,2H3/t16?,17-,18-,19-,20?,24?/m0/s1. The van der Waals surface area contributed by atoms with Gasteiger partial charge in [0.2, 0.25) is 11.8 Å². The minimum atomic E-state index is -1.08. The molecule has 1 N–H and O–H groups in total. The van der Waals surface area contributed by atoms with Crippen LogP contribution in [0.2, 0.25) is 0 Å². The zero-order valence-corrected chi connectivity index (χ0v) is 20.9. The summed E-state index contributed by atoms with van der Waals surface area (Å²) in [7, 11) is 0. The molecule has 4 rings (SSSR count). The van der Waals surface area contributed by atoms with Crippen LogP contribution in [0.5, 0.6) is 0 Å². The maximum Gasteiger partial charge on any atom is 0.312 e. The molecule has 0 aromatic heterocycles. The average molecular weight is 527 g/mol. The van der Waals surface area contributed by atoms with E-state index in [-0.39, 0.29) is 42.4 Å². The van der Waals surface area contributed by atoms with Crippen LogP contribution in [0.25, 0.3) is 0 Å². The lowest BCUT2D eigenvalue weighted by Crippen LogP contribution is -2.58. The minimum Gasteiger partial charge on any atom is -0.466 e. The Bertz CT molecular complexity index is 787. The third-order valence-electron chi connectivity index (χ3n) is 7.76. The van der Waals surface area contributed by atoms with Gasteiger partial charge >= 0.3 is 5.97 Å². The van der Waals surface area contributed by atoms with Crippen LogP contribution < -0.4 is 0 Å². The Hall–Kier alpha value is -1.45. The van der Waals surface area contributed by atoms with Gasteiger partial charge in [0.05, 0.1) is 24.5 Å². The molecule has 0 aromatic rings. The maximum absolute atomic E-state index is 14.2. The summed E-state index contributed by atoms with van der Waals surface area (Å²) in [5.74, 6) is -2.32. The van der Waals surface area contributed by atoms with Crippen LogP contribution >= 0.6 is 15.9 Å². The molecular formula is C24H35BrN2O6. The lowest BCUT2D eigenvalue weighted by molar-refractivity contribution is -0.155. The number of alkyl halides is 1. The zero-order chi connectivity index (χ0) is 23.8. The van der Waals surface area contributed by atoms with Gasteiger partial charge in [-0.3, -0.25) is 14.4 Å². The summed E-state index contributed by atoms with van der Waals surface area (Å²) in [5.41, 5.74) is -1.08. The number of esters is 1. The number of fused-ring (bicyclic) bond motifs is 1. The SMILES string of the molecule is C=CCN(C(=O)C1N(CCCO)C(=O)[C@@H]2[C@H](C(=O)OCC)[C@H]3OC12CC3Br)C1CCCCC1. The van der Waals surface area contributed by atoms with Gasteiger partial charge in [-0.05, 0) is 32.6 Å². The fourth-order valence-electron chi connectivity index (χ4n) is 6.51. The molecule has 184 valence electrons. The van der Waals surface area contributed by atoms with Crippen LogP contribution in [0.3, 0.4) is 0 Å². The summed E-state index contributed by atoms with van der Waals surface area (Å²) >= 11 is 3.66. The smallest absolute Gasteiger partial charge is 0.312 e. The fraction of sp³-hybridized carbons (Fsp3) is 0.792. The predicted octanol–water partition coefficient (Wildman–Crippen LogP) is 2.03. The van der Waals surface area contributed by atoms with Gasteiger partial charge in [0.1, 0.15) is 11.6 Å². The van der Waals surface area contributed by atoms with Crippen molar-refractivity contribution in [2.24, 2.45) is 11.8 Å². The van der Waals surface area contributed by atoms with Crippen LogP contribution in [0.1, 0.15) is 51.9 Å². The van der Waals surface area contributed by atoms with Crippen molar-refractivity contribution in [3.05, 3.63) is 12.7 Å². The van der Waals surface area contributed by atoms with Crippen molar-refractivity contribution >= 4 is 33.7 Å². The van der Waals surface area contributed by atoms with Gasteiger partial charge in [0, 0.05) is 30.6 Å². The summed E-state index contributed by atoms with van der Waals surface area (Å²) in [4.78, 5) is 44.1. The van der Waals surface area contributed by atoms with Crippen LogP contribution in [-0.2, 0) is 23.9 Å². The summed E-state index contributed by atoms with van der Waals surface area (Å²) in [6.45, 7) is 6.38. The molecule has 1 saturated carbocycles. The number of carbonyl (C=O) groups excluding carboxylic acids is 3. The topological polar surface area (TPSA) is 96.4 Å². The molecule has 2 bridgehead atoms. The quantitative estimate of drug-likeness (QED) is 0.280. The van der Waals surface area contributed by atoms with Crippen LogP contribution in [0.4, 0.5) is 0 Å². The van der Waals surface area contributed by atoms with E-state index in [0.29, 0.717) is 19.4 Å². The van der Waals surface area contributed by atoms with Gasteiger partial charge in [-0.25, -0.2) is 0 Å².